The van der Waals surface area contributed by atoms with Crippen LogP contribution in [0.15, 0.2) is 42.6 Å². The molecule has 0 spiro atoms. The molecule has 28 heavy (non-hydrogen) atoms. The van der Waals surface area contributed by atoms with Crippen LogP contribution >= 0.6 is 0 Å². The minimum Gasteiger partial charge on any atom is -0.479 e. The van der Waals surface area contributed by atoms with Crippen LogP contribution in [0, 0.1) is 5.82 Å². The van der Waals surface area contributed by atoms with Crippen molar-refractivity contribution >= 4 is 27.8 Å². The van der Waals surface area contributed by atoms with Crippen molar-refractivity contribution in [3.8, 4) is 5.69 Å². The highest BCUT2D eigenvalue weighted by molar-refractivity contribution is 5.99. The zero-order chi connectivity index (χ0) is 20.0. The molecule has 4 aromatic rings. The Hall–Kier alpha value is -3.22. The van der Waals surface area contributed by atoms with Crippen LogP contribution in [0.2, 0.25) is 0 Å². The number of fused-ring (bicyclic) bond motifs is 2. The molecule has 0 saturated heterocycles. The largest absolute Gasteiger partial charge is 0.479 e. The first-order valence-electron chi connectivity index (χ1n) is 9.00. The van der Waals surface area contributed by atoms with Gasteiger partial charge in [-0.05, 0) is 47.9 Å². The van der Waals surface area contributed by atoms with Gasteiger partial charge in [0.1, 0.15) is 5.82 Å². The first-order chi connectivity index (χ1) is 13.4. The quantitative estimate of drug-likeness (QED) is 0.523. The summed E-state index contributed by atoms with van der Waals surface area (Å²) in [5.74, 6) is -1.84. The summed E-state index contributed by atoms with van der Waals surface area (Å²) in [6, 6.07) is 9.86. The molecule has 0 fully saturated rings. The van der Waals surface area contributed by atoms with E-state index in [1.54, 1.807) is 18.3 Å². The number of H-pyrrole nitrogens is 1. The molecule has 0 aliphatic heterocycles. The Kier molecular flexibility index (Phi) is 4.37. The predicted molar refractivity (Wildman–Crippen MR) is 103 cm³/mol. The molecule has 0 radical (unpaired) electrons. The molecule has 2 aromatic heterocycles. The number of nitrogens with zero attached hydrogens (tertiary/aromatic N) is 2. The number of hydrogen-bond donors (Lipinski definition) is 2. The monoisotopic (exact) mass is 383 g/mol. The molecule has 2 heterocycles. The number of carboxylic acids is 1. The summed E-state index contributed by atoms with van der Waals surface area (Å²) < 4.78 is 29.6. The van der Waals surface area contributed by atoms with Crippen molar-refractivity contribution in [2.45, 2.75) is 32.4 Å². The number of aliphatic carboxylic acids is 1. The molecule has 0 amide bonds. The van der Waals surface area contributed by atoms with Crippen molar-refractivity contribution in [3.63, 3.8) is 0 Å². The van der Waals surface area contributed by atoms with Gasteiger partial charge in [0.25, 0.3) is 0 Å². The van der Waals surface area contributed by atoms with Gasteiger partial charge >= 0.3 is 5.97 Å². The first-order valence-corrected chi connectivity index (χ1v) is 9.00. The Balaban J connectivity index is 2.08. The first kappa shape index (κ1) is 18.2. The van der Waals surface area contributed by atoms with Crippen LogP contribution in [0.1, 0.15) is 31.0 Å². The van der Waals surface area contributed by atoms with Gasteiger partial charge in [0.15, 0.2) is 0 Å². The van der Waals surface area contributed by atoms with Crippen LogP contribution in [-0.2, 0) is 11.2 Å². The van der Waals surface area contributed by atoms with Gasteiger partial charge < -0.3 is 9.67 Å². The number of alkyl halides is 1. The van der Waals surface area contributed by atoms with Gasteiger partial charge in [-0.25, -0.2) is 13.6 Å². The molecule has 7 heteroatoms. The van der Waals surface area contributed by atoms with Crippen LogP contribution in [0.25, 0.3) is 27.5 Å². The molecular formula is C21H19F2N3O2. The Morgan fingerprint density at radius 1 is 1.25 bits per heavy atom. The maximum Gasteiger partial charge on any atom is 0.338 e. The highest BCUT2D eigenvalue weighted by Crippen LogP contribution is 2.37. The van der Waals surface area contributed by atoms with Crippen LogP contribution in [0.3, 0.4) is 0 Å². The summed E-state index contributed by atoms with van der Waals surface area (Å²) in [5.41, 5.74) is 3.77. The molecule has 4 rings (SSSR count). The van der Waals surface area contributed by atoms with Gasteiger partial charge in [-0.15, -0.1) is 0 Å². The van der Waals surface area contributed by atoms with Crippen LogP contribution in [-0.4, -0.2) is 32.0 Å². The van der Waals surface area contributed by atoms with Crippen molar-refractivity contribution in [1.82, 2.24) is 14.8 Å². The lowest BCUT2D eigenvalue weighted by molar-refractivity contribution is -0.142. The SMILES string of the molecule is CC(C)c1c(C[C@@H](F)C(=O)O)c2cc3[nH]ncc3cc2n1-c1ccc(F)cc1. The van der Waals surface area contributed by atoms with Gasteiger partial charge in [-0.1, -0.05) is 13.8 Å². The van der Waals surface area contributed by atoms with E-state index in [2.05, 4.69) is 10.2 Å². The third-order valence-corrected chi connectivity index (χ3v) is 4.96. The van der Waals surface area contributed by atoms with E-state index >= 15 is 0 Å². The van der Waals surface area contributed by atoms with E-state index in [1.807, 2.05) is 30.5 Å². The minimum absolute atomic E-state index is 0.00934. The van der Waals surface area contributed by atoms with Crippen LogP contribution in [0.4, 0.5) is 8.78 Å². The fraction of sp³-hybridized carbons (Fsp3) is 0.238. The van der Waals surface area contributed by atoms with Crippen LogP contribution < -0.4 is 0 Å². The Morgan fingerprint density at radius 3 is 2.61 bits per heavy atom. The number of benzene rings is 2. The number of aromatic nitrogens is 3. The standard InChI is InChI=1S/C21H19F2N3O2/c1-11(2)20-16(8-17(23)21(27)28)15-9-18-12(10-24-25-18)7-19(15)26(20)14-5-3-13(22)4-6-14/h3-7,9-11,17H,8H2,1-2H3,(H,24,25)(H,27,28)/t17-/m1/s1. The van der Waals surface area contributed by atoms with E-state index in [9.17, 15) is 13.6 Å². The molecule has 1 atom stereocenters. The summed E-state index contributed by atoms with van der Waals surface area (Å²) >= 11 is 0. The molecule has 0 saturated carbocycles. The molecule has 0 aliphatic carbocycles. The second-order valence-electron chi connectivity index (χ2n) is 7.17. The number of carbonyl (C=O) groups is 1. The second kappa shape index (κ2) is 6.74. The molecule has 0 unspecified atom stereocenters. The lowest BCUT2D eigenvalue weighted by Crippen LogP contribution is -2.18. The summed E-state index contributed by atoms with van der Waals surface area (Å²) in [6.07, 6.45) is -0.560. The second-order valence-corrected chi connectivity index (χ2v) is 7.17. The van der Waals surface area contributed by atoms with Crippen molar-refractivity contribution < 1.29 is 18.7 Å². The molecule has 0 aliphatic rings. The number of carboxylic acid groups (broad SMARTS) is 1. The lowest BCUT2D eigenvalue weighted by atomic mass is 9.98. The number of aromatic amines is 1. The van der Waals surface area contributed by atoms with E-state index in [1.165, 1.54) is 12.1 Å². The third kappa shape index (κ3) is 2.93. The molecule has 0 bridgehead atoms. The lowest BCUT2D eigenvalue weighted by Gasteiger charge is -2.16. The average molecular weight is 383 g/mol. The van der Waals surface area contributed by atoms with E-state index in [0.29, 0.717) is 5.56 Å². The van der Waals surface area contributed by atoms with Crippen molar-refractivity contribution in [3.05, 3.63) is 59.7 Å². The van der Waals surface area contributed by atoms with Crippen LogP contribution in [0.5, 0.6) is 0 Å². The fourth-order valence-electron chi connectivity index (χ4n) is 3.76. The highest BCUT2D eigenvalue weighted by atomic mass is 19.1. The van der Waals surface area contributed by atoms with Crippen molar-refractivity contribution in [1.29, 1.82) is 0 Å². The summed E-state index contributed by atoms with van der Waals surface area (Å²) in [7, 11) is 0. The normalized spacial score (nSPS) is 12.9. The summed E-state index contributed by atoms with van der Waals surface area (Å²) in [6.45, 7) is 3.94. The predicted octanol–water partition coefficient (Wildman–Crippen LogP) is 4.73. The molecule has 2 aromatic carbocycles. The fourth-order valence-corrected chi connectivity index (χ4v) is 3.76. The van der Waals surface area contributed by atoms with Crippen molar-refractivity contribution in [2.75, 3.05) is 0 Å². The zero-order valence-electron chi connectivity index (χ0n) is 15.4. The molecular weight excluding hydrogens is 364 g/mol. The molecule has 5 nitrogen and oxygen atoms in total. The average Bonchev–Trinajstić information content (AvgIpc) is 3.23. The Labute approximate surface area is 159 Å². The smallest absolute Gasteiger partial charge is 0.338 e. The third-order valence-electron chi connectivity index (χ3n) is 4.96. The maximum absolute atomic E-state index is 14.2. The van der Waals surface area contributed by atoms with E-state index in [-0.39, 0.29) is 18.2 Å². The molecule has 144 valence electrons. The number of nitrogens with one attached hydrogen (secondary N) is 1. The minimum atomic E-state index is -2.01. The number of hydrogen-bond acceptors (Lipinski definition) is 2. The van der Waals surface area contributed by atoms with Gasteiger partial charge in [-0.2, -0.15) is 5.10 Å². The van der Waals surface area contributed by atoms with E-state index in [4.69, 9.17) is 5.11 Å². The highest BCUT2D eigenvalue weighted by Gasteiger charge is 2.26. The topological polar surface area (TPSA) is 70.9 Å². The Bertz CT molecular complexity index is 1180. The van der Waals surface area contributed by atoms with E-state index < -0.39 is 12.1 Å². The van der Waals surface area contributed by atoms with Gasteiger partial charge in [-0.3, -0.25) is 5.10 Å². The maximum atomic E-state index is 14.2. The van der Waals surface area contributed by atoms with Gasteiger partial charge in [0.05, 0.1) is 17.2 Å². The zero-order valence-corrected chi connectivity index (χ0v) is 15.4. The summed E-state index contributed by atoms with van der Waals surface area (Å²) in [4.78, 5) is 11.2. The van der Waals surface area contributed by atoms with E-state index in [0.717, 1.165) is 33.2 Å². The van der Waals surface area contributed by atoms with Gasteiger partial charge in [0, 0.05) is 28.6 Å². The summed E-state index contributed by atoms with van der Waals surface area (Å²) in [5, 5.41) is 17.7. The van der Waals surface area contributed by atoms with Gasteiger partial charge in [0.2, 0.25) is 6.17 Å². The molecule has 2 N–H and O–H groups in total. The van der Waals surface area contributed by atoms with Crippen molar-refractivity contribution in [2.24, 2.45) is 0 Å². The number of rotatable bonds is 5. The number of halogens is 2. The Morgan fingerprint density at radius 2 is 1.96 bits per heavy atom.